The maximum Gasteiger partial charge on any atom is 0.243 e. The molecule has 3 N–H and O–H groups in total. The summed E-state index contributed by atoms with van der Waals surface area (Å²) in [5.41, 5.74) is 14.4. The van der Waals surface area contributed by atoms with Crippen molar-refractivity contribution in [3.63, 3.8) is 0 Å². The van der Waals surface area contributed by atoms with E-state index in [1.165, 1.54) is 41.6 Å². The lowest BCUT2D eigenvalue weighted by molar-refractivity contribution is 0.222. The smallest absolute Gasteiger partial charge is 0.243 e. The first kappa shape index (κ1) is 29.2. The fourth-order valence-electron chi connectivity index (χ4n) is 6.82. The molecule has 2 aromatic carbocycles. The highest BCUT2D eigenvalue weighted by Crippen LogP contribution is 2.39. The molecule has 0 bridgehead atoms. The number of fused-ring (bicyclic) bond motifs is 2. The molecule has 1 aliphatic carbocycles. The number of rotatable bonds is 6. The summed E-state index contributed by atoms with van der Waals surface area (Å²) < 4.78 is 27.8. The van der Waals surface area contributed by atoms with Crippen molar-refractivity contribution in [3.05, 3.63) is 72.1 Å². The van der Waals surface area contributed by atoms with Gasteiger partial charge in [0.2, 0.25) is 10.0 Å². The van der Waals surface area contributed by atoms with Gasteiger partial charge in [-0.05, 0) is 104 Å². The van der Waals surface area contributed by atoms with Gasteiger partial charge in [-0.1, -0.05) is 12.5 Å². The zero-order valence-electron chi connectivity index (χ0n) is 25.4. The summed E-state index contributed by atoms with van der Waals surface area (Å²) in [5.74, 6) is 0.697. The first-order valence-corrected chi connectivity index (χ1v) is 17.3. The Hall–Kier alpha value is -3.57. The van der Waals surface area contributed by atoms with Crippen LogP contribution in [0, 0.1) is 0 Å². The molecular formula is C34H41N7O2S. The molecule has 0 amide bonds. The van der Waals surface area contributed by atoms with Gasteiger partial charge < -0.3 is 20.9 Å². The number of hydrogen-bond donors (Lipinski definition) is 2. The monoisotopic (exact) mass is 611 g/mol. The molecule has 2 fully saturated rings. The Balaban J connectivity index is 1.16. The van der Waals surface area contributed by atoms with Crippen molar-refractivity contribution in [2.24, 2.45) is 5.73 Å². The summed E-state index contributed by atoms with van der Waals surface area (Å²) in [7, 11) is -1.49. The van der Waals surface area contributed by atoms with Crippen LogP contribution in [0.2, 0.25) is 0 Å². The number of aryl methyl sites for hydroxylation is 1. The highest BCUT2D eigenvalue weighted by molar-refractivity contribution is 7.89. The second-order valence-electron chi connectivity index (χ2n) is 12.5. The third kappa shape index (κ3) is 5.79. The Labute approximate surface area is 260 Å². The minimum atomic E-state index is -3.51. The van der Waals surface area contributed by atoms with E-state index in [1.54, 1.807) is 28.6 Å². The van der Waals surface area contributed by atoms with Crippen molar-refractivity contribution in [1.82, 2.24) is 19.2 Å². The van der Waals surface area contributed by atoms with E-state index in [2.05, 4.69) is 38.3 Å². The lowest BCUT2D eigenvalue weighted by Crippen LogP contribution is -2.46. The number of hydrogen-bond acceptors (Lipinski definition) is 8. The number of aromatic nitrogens is 2. The highest BCUT2D eigenvalue weighted by Gasteiger charge is 2.28. The van der Waals surface area contributed by atoms with Crippen molar-refractivity contribution in [2.75, 3.05) is 56.5 Å². The molecule has 44 heavy (non-hydrogen) atoms. The minimum Gasteiger partial charge on any atom is -0.369 e. The number of pyridine rings is 2. The summed E-state index contributed by atoms with van der Waals surface area (Å²) in [4.78, 5) is 14.7. The number of piperazine rings is 1. The Kier molecular flexibility index (Phi) is 8.01. The van der Waals surface area contributed by atoms with Crippen LogP contribution in [-0.2, 0) is 22.9 Å². The maximum atomic E-state index is 13.1. The predicted octanol–water partition coefficient (Wildman–Crippen LogP) is 4.78. The zero-order chi connectivity index (χ0) is 30.3. The van der Waals surface area contributed by atoms with E-state index >= 15 is 0 Å². The number of sulfonamides is 1. The highest BCUT2D eigenvalue weighted by atomic mass is 32.2. The standard InChI is InChI=1S/C34H41N7O2S/c1-39-17-19-41(20-18-39)44(42,43)28-10-8-27(9-11-28)37-33-22-25(13-15-36-33)24-7-12-32-30(21-24)34(40-16-14-26(35)23-40)29-5-3-2-4-6-31(29)38-32/h7-13,15,21-22,26H,2-6,14,16-20,23,35H2,1H3,(H,36,37)/t26-/m0/s1. The SMILES string of the molecule is CN1CCN(S(=O)(=O)c2ccc(Nc3cc(-c4ccc5nc6c(c(N7CC[C@H](N)C7)c5c4)CCCCC6)ccn3)cc2)CC1. The summed E-state index contributed by atoms with van der Waals surface area (Å²) in [6.07, 6.45) is 8.59. The Bertz CT molecular complexity index is 1770. The van der Waals surface area contributed by atoms with Gasteiger partial charge in [0, 0.05) is 68.3 Å². The van der Waals surface area contributed by atoms with Crippen LogP contribution < -0.4 is 16.0 Å². The number of likely N-dealkylation sites (N-methyl/N-ethyl adjacent to an activating group) is 1. The van der Waals surface area contributed by atoms with Crippen LogP contribution in [0.1, 0.15) is 36.9 Å². The molecule has 1 atom stereocenters. The van der Waals surface area contributed by atoms with Crippen LogP contribution in [0.25, 0.3) is 22.0 Å². The van der Waals surface area contributed by atoms with Crippen molar-refractivity contribution in [3.8, 4) is 11.1 Å². The van der Waals surface area contributed by atoms with Crippen molar-refractivity contribution in [1.29, 1.82) is 0 Å². The molecular weight excluding hydrogens is 570 g/mol. The molecule has 3 aliphatic rings. The molecule has 0 spiro atoms. The first-order chi connectivity index (χ1) is 21.3. The fraction of sp³-hybridized carbons (Fsp3) is 0.412. The third-order valence-electron chi connectivity index (χ3n) is 9.34. The molecule has 2 aliphatic heterocycles. The van der Waals surface area contributed by atoms with E-state index in [4.69, 9.17) is 10.7 Å². The second kappa shape index (κ2) is 12.1. The number of nitrogens with two attached hydrogens (primary N) is 1. The third-order valence-corrected chi connectivity index (χ3v) is 11.3. The van der Waals surface area contributed by atoms with Gasteiger partial charge in [0.25, 0.3) is 0 Å². The summed E-state index contributed by atoms with van der Waals surface area (Å²) in [5, 5.41) is 4.56. The van der Waals surface area contributed by atoms with E-state index in [9.17, 15) is 8.42 Å². The van der Waals surface area contributed by atoms with E-state index in [0.717, 1.165) is 67.8 Å². The molecule has 9 nitrogen and oxygen atoms in total. The molecule has 7 rings (SSSR count). The largest absolute Gasteiger partial charge is 0.369 e. The van der Waals surface area contributed by atoms with Gasteiger partial charge in [0.1, 0.15) is 5.82 Å². The number of nitrogens with one attached hydrogen (secondary N) is 1. The fourth-order valence-corrected chi connectivity index (χ4v) is 8.24. The lowest BCUT2D eigenvalue weighted by atomic mass is 9.97. The summed E-state index contributed by atoms with van der Waals surface area (Å²) >= 11 is 0. The van der Waals surface area contributed by atoms with E-state index in [-0.39, 0.29) is 6.04 Å². The van der Waals surface area contributed by atoms with Gasteiger partial charge in [-0.25, -0.2) is 13.4 Å². The number of anilines is 3. The van der Waals surface area contributed by atoms with Crippen LogP contribution in [-0.4, -0.2) is 79.9 Å². The molecule has 230 valence electrons. The molecule has 2 saturated heterocycles. The first-order valence-electron chi connectivity index (χ1n) is 15.8. The van der Waals surface area contributed by atoms with Gasteiger partial charge in [-0.2, -0.15) is 4.31 Å². The van der Waals surface area contributed by atoms with Crippen LogP contribution >= 0.6 is 0 Å². The Morgan fingerprint density at radius 3 is 2.43 bits per heavy atom. The van der Waals surface area contributed by atoms with Crippen molar-refractivity contribution >= 4 is 38.1 Å². The summed E-state index contributed by atoms with van der Waals surface area (Å²) in [6, 6.07) is 17.8. The minimum absolute atomic E-state index is 0.206. The van der Waals surface area contributed by atoms with Crippen LogP contribution in [0.15, 0.2) is 65.7 Å². The quantitative estimate of drug-likeness (QED) is 0.300. The predicted molar refractivity (Wildman–Crippen MR) is 177 cm³/mol. The normalized spacial score (nSPS) is 20.0. The van der Waals surface area contributed by atoms with Gasteiger partial charge in [0.05, 0.1) is 16.1 Å². The Morgan fingerprint density at radius 1 is 0.886 bits per heavy atom. The average Bonchev–Trinajstić information content (AvgIpc) is 3.32. The molecule has 10 heteroatoms. The molecule has 0 saturated carbocycles. The van der Waals surface area contributed by atoms with Gasteiger partial charge in [0.15, 0.2) is 0 Å². The maximum absolute atomic E-state index is 13.1. The molecule has 4 heterocycles. The van der Waals surface area contributed by atoms with Crippen LogP contribution in [0.5, 0.6) is 0 Å². The van der Waals surface area contributed by atoms with E-state index in [0.29, 0.717) is 23.8 Å². The zero-order valence-corrected chi connectivity index (χ0v) is 26.2. The average molecular weight is 612 g/mol. The van der Waals surface area contributed by atoms with E-state index in [1.807, 2.05) is 25.4 Å². The van der Waals surface area contributed by atoms with Crippen molar-refractivity contribution < 1.29 is 8.42 Å². The number of benzene rings is 2. The Morgan fingerprint density at radius 2 is 1.66 bits per heavy atom. The topological polar surface area (TPSA) is 108 Å². The van der Waals surface area contributed by atoms with Crippen LogP contribution in [0.3, 0.4) is 0 Å². The van der Waals surface area contributed by atoms with Gasteiger partial charge >= 0.3 is 0 Å². The lowest BCUT2D eigenvalue weighted by Gasteiger charge is -2.31. The molecule has 0 radical (unpaired) electrons. The van der Waals surface area contributed by atoms with Crippen molar-refractivity contribution in [2.45, 2.75) is 49.5 Å². The molecule has 2 aromatic heterocycles. The molecule has 0 unspecified atom stereocenters. The molecule has 4 aromatic rings. The van der Waals surface area contributed by atoms with Crippen LogP contribution in [0.4, 0.5) is 17.2 Å². The van der Waals surface area contributed by atoms with Gasteiger partial charge in [-0.15, -0.1) is 0 Å². The number of nitrogens with zero attached hydrogens (tertiary/aromatic N) is 5. The second-order valence-corrected chi connectivity index (χ2v) is 14.4. The van der Waals surface area contributed by atoms with E-state index < -0.39 is 10.0 Å². The van der Waals surface area contributed by atoms with Gasteiger partial charge in [-0.3, -0.25) is 4.98 Å². The summed E-state index contributed by atoms with van der Waals surface area (Å²) in [6.45, 7) is 4.37.